The summed E-state index contributed by atoms with van der Waals surface area (Å²) in [5.74, 6) is -1.41. The number of fused-ring (bicyclic) bond motifs is 1. The molecule has 0 aliphatic carbocycles. The van der Waals surface area contributed by atoms with Gasteiger partial charge in [0.15, 0.2) is 5.75 Å². The van der Waals surface area contributed by atoms with Crippen LogP contribution in [0.1, 0.15) is 72.1 Å². The molecule has 0 unspecified atom stereocenters. The van der Waals surface area contributed by atoms with Crippen molar-refractivity contribution in [1.29, 1.82) is 0 Å². The molecule has 0 saturated carbocycles. The number of carbonyl (C=O) groups is 2. The molecule has 164 valence electrons. The first kappa shape index (κ1) is 23.4. The van der Waals surface area contributed by atoms with Crippen LogP contribution in [0.4, 0.5) is 0 Å². The monoisotopic (exact) mass is 418 g/mol. The summed E-state index contributed by atoms with van der Waals surface area (Å²) in [5.41, 5.74) is -0.727. The van der Waals surface area contributed by atoms with Gasteiger partial charge < -0.3 is 18.6 Å². The number of carbonyl (C=O) groups excluding carboxylic acids is 2. The second-order valence-corrected chi connectivity index (χ2v) is 7.22. The first-order chi connectivity index (χ1) is 14.4. The van der Waals surface area contributed by atoms with E-state index in [0.717, 1.165) is 19.8 Å². The van der Waals surface area contributed by atoms with Gasteiger partial charge in [0.1, 0.15) is 11.3 Å². The molecule has 0 bridgehead atoms. The van der Waals surface area contributed by atoms with E-state index in [0.29, 0.717) is 17.7 Å². The van der Waals surface area contributed by atoms with Gasteiger partial charge in [0.25, 0.3) is 5.75 Å². The molecule has 7 nitrogen and oxygen atoms in total. The highest BCUT2D eigenvalue weighted by Crippen LogP contribution is 2.34. The summed E-state index contributed by atoms with van der Waals surface area (Å²) >= 11 is 0. The summed E-state index contributed by atoms with van der Waals surface area (Å²) in [5, 5.41) is 0.334. The third kappa shape index (κ3) is 7.21. The van der Waals surface area contributed by atoms with Crippen LogP contribution in [-0.4, -0.2) is 18.5 Å². The van der Waals surface area contributed by atoms with E-state index in [1.807, 2.05) is 0 Å². The maximum Gasteiger partial charge on any atom is 0.383 e. The van der Waals surface area contributed by atoms with Crippen LogP contribution < -0.4 is 19.8 Å². The van der Waals surface area contributed by atoms with Crippen molar-refractivity contribution in [1.82, 2.24) is 0 Å². The number of hydrogen-bond acceptors (Lipinski definition) is 7. The molecule has 1 heterocycles. The molecule has 0 atom stereocenters. The zero-order valence-electron chi connectivity index (χ0n) is 18.0. The SMILES string of the molecule is CCCCCCCCCCOc1ccc2c(OC(C)=O)c(OC(C)=O)c(=O)oc2c1. The lowest BCUT2D eigenvalue weighted by Gasteiger charge is -2.11. The molecule has 2 aromatic rings. The Bertz CT molecular complexity index is 914. The number of benzene rings is 1. The Hall–Kier alpha value is -2.83. The molecular formula is C23H30O7. The Morgan fingerprint density at radius 3 is 2.10 bits per heavy atom. The van der Waals surface area contributed by atoms with E-state index in [2.05, 4.69) is 6.92 Å². The highest BCUT2D eigenvalue weighted by atomic mass is 16.6. The highest BCUT2D eigenvalue weighted by Gasteiger charge is 2.21. The van der Waals surface area contributed by atoms with Gasteiger partial charge in [-0.05, 0) is 18.6 Å². The second-order valence-electron chi connectivity index (χ2n) is 7.22. The molecule has 0 amide bonds. The van der Waals surface area contributed by atoms with Crippen LogP contribution >= 0.6 is 0 Å². The van der Waals surface area contributed by atoms with E-state index in [1.165, 1.54) is 45.4 Å². The molecule has 0 N–H and O–H groups in total. The molecule has 0 saturated heterocycles. The predicted octanol–water partition coefficient (Wildman–Crippen LogP) is 5.16. The van der Waals surface area contributed by atoms with Gasteiger partial charge in [0.2, 0.25) is 0 Å². The summed E-state index contributed by atoms with van der Waals surface area (Å²) in [4.78, 5) is 35.0. The van der Waals surface area contributed by atoms with Crippen molar-refractivity contribution in [2.24, 2.45) is 0 Å². The van der Waals surface area contributed by atoms with Crippen LogP contribution in [0.5, 0.6) is 17.2 Å². The standard InChI is InChI=1S/C23H30O7/c1-4-5-6-7-8-9-10-11-14-27-18-12-13-19-20(15-18)30-23(26)22(29-17(3)25)21(19)28-16(2)24/h12-13,15H,4-11,14H2,1-3H3. The van der Waals surface area contributed by atoms with E-state index in [1.54, 1.807) is 18.2 Å². The van der Waals surface area contributed by atoms with Crippen LogP contribution in [0.3, 0.4) is 0 Å². The largest absolute Gasteiger partial charge is 0.493 e. The Balaban J connectivity index is 2.02. The summed E-state index contributed by atoms with van der Waals surface area (Å²) < 4.78 is 21.0. The lowest BCUT2D eigenvalue weighted by atomic mass is 10.1. The number of hydrogen-bond donors (Lipinski definition) is 0. The molecule has 1 aromatic carbocycles. The van der Waals surface area contributed by atoms with Crippen LogP contribution in [-0.2, 0) is 9.59 Å². The van der Waals surface area contributed by atoms with Gasteiger partial charge in [-0.15, -0.1) is 0 Å². The molecular weight excluding hydrogens is 388 g/mol. The summed E-state index contributed by atoms with van der Waals surface area (Å²) in [7, 11) is 0. The third-order valence-electron chi connectivity index (χ3n) is 4.55. The normalized spacial score (nSPS) is 10.8. The van der Waals surface area contributed by atoms with Crippen LogP contribution in [0.2, 0.25) is 0 Å². The molecule has 7 heteroatoms. The smallest absolute Gasteiger partial charge is 0.383 e. The number of rotatable bonds is 12. The molecule has 30 heavy (non-hydrogen) atoms. The van der Waals surface area contributed by atoms with E-state index in [4.69, 9.17) is 18.6 Å². The number of unbranched alkanes of at least 4 members (excludes halogenated alkanes) is 7. The average Bonchev–Trinajstić information content (AvgIpc) is 2.68. The zero-order valence-corrected chi connectivity index (χ0v) is 18.0. The van der Waals surface area contributed by atoms with Gasteiger partial charge >= 0.3 is 17.6 Å². The number of ether oxygens (including phenoxy) is 3. The van der Waals surface area contributed by atoms with Gasteiger partial charge in [-0.2, -0.15) is 0 Å². The van der Waals surface area contributed by atoms with Crippen molar-refractivity contribution in [2.45, 2.75) is 72.1 Å². The topological polar surface area (TPSA) is 92.0 Å². The van der Waals surface area contributed by atoms with Crippen molar-refractivity contribution in [3.63, 3.8) is 0 Å². The highest BCUT2D eigenvalue weighted by molar-refractivity contribution is 5.90. The van der Waals surface area contributed by atoms with Crippen molar-refractivity contribution < 1.29 is 28.2 Å². The Kier molecular flexibility index (Phi) is 9.38. The molecule has 0 aliphatic rings. The van der Waals surface area contributed by atoms with Crippen molar-refractivity contribution >= 4 is 22.9 Å². The van der Waals surface area contributed by atoms with Gasteiger partial charge in [0.05, 0.1) is 12.0 Å². The van der Waals surface area contributed by atoms with Gasteiger partial charge in [-0.3, -0.25) is 9.59 Å². The summed E-state index contributed by atoms with van der Waals surface area (Å²) in [6, 6.07) is 4.86. The van der Waals surface area contributed by atoms with E-state index >= 15 is 0 Å². The third-order valence-corrected chi connectivity index (χ3v) is 4.55. The number of esters is 2. The van der Waals surface area contributed by atoms with Crippen molar-refractivity contribution in [2.75, 3.05) is 6.61 Å². The Morgan fingerprint density at radius 2 is 1.47 bits per heavy atom. The fourth-order valence-electron chi connectivity index (χ4n) is 3.13. The van der Waals surface area contributed by atoms with Crippen LogP contribution in [0.25, 0.3) is 11.0 Å². The molecule has 0 aliphatic heterocycles. The maximum atomic E-state index is 12.2. The average molecular weight is 418 g/mol. The summed E-state index contributed by atoms with van der Waals surface area (Å²) in [6.45, 7) is 5.11. The van der Waals surface area contributed by atoms with Crippen molar-refractivity contribution in [3.8, 4) is 17.2 Å². The second kappa shape index (κ2) is 12.0. The van der Waals surface area contributed by atoms with Gasteiger partial charge in [-0.1, -0.05) is 51.9 Å². The van der Waals surface area contributed by atoms with Gasteiger partial charge in [-0.25, -0.2) is 4.79 Å². The molecule has 2 rings (SSSR count). The molecule has 1 aromatic heterocycles. The van der Waals surface area contributed by atoms with E-state index in [9.17, 15) is 14.4 Å². The Morgan fingerprint density at radius 1 is 0.867 bits per heavy atom. The molecule has 0 spiro atoms. The quantitative estimate of drug-likeness (QED) is 0.267. The first-order valence-electron chi connectivity index (χ1n) is 10.5. The fraction of sp³-hybridized carbons (Fsp3) is 0.522. The zero-order chi connectivity index (χ0) is 21.9. The van der Waals surface area contributed by atoms with Crippen LogP contribution in [0, 0.1) is 0 Å². The predicted molar refractivity (Wildman–Crippen MR) is 113 cm³/mol. The minimum atomic E-state index is -0.908. The lowest BCUT2D eigenvalue weighted by molar-refractivity contribution is -0.134. The van der Waals surface area contributed by atoms with E-state index < -0.39 is 23.3 Å². The van der Waals surface area contributed by atoms with Crippen molar-refractivity contribution in [3.05, 3.63) is 28.6 Å². The lowest BCUT2D eigenvalue weighted by Crippen LogP contribution is -2.15. The van der Waals surface area contributed by atoms with Gasteiger partial charge in [0, 0.05) is 19.9 Å². The fourth-order valence-corrected chi connectivity index (χ4v) is 3.13. The minimum absolute atomic E-state index is 0.140. The minimum Gasteiger partial charge on any atom is -0.493 e. The van der Waals surface area contributed by atoms with Crippen LogP contribution in [0.15, 0.2) is 27.4 Å². The summed E-state index contributed by atoms with van der Waals surface area (Å²) in [6.07, 6.45) is 9.67. The Labute approximate surface area is 176 Å². The molecule has 0 fully saturated rings. The van der Waals surface area contributed by atoms with E-state index in [-0.39, 0.29) is 11.3 Å². The molecule has 0 radical (unpaired) electrons. The first-order valence-corrected chi connectivity index (χ1v) is 10.5. The maximum absolute atomic E-state index is 12.2.